The molecule has 1 unspecified atom stereocenters. The molecule has 1 aliphatic heterocycles. The van der Waals surface area contributed by atoms with Crippen LogP contribution in [0.15, 0.2) is 71.3 Å². The number of carbonyl (C=O) groups excluding carboxylic acids is 2. The molecule has 29 heavy (non-hydrogen) atoms. The lowest BCUT2D eigenvalue weighted by atomic mass is 10.1. The van der Waals surface area contributed by atoms with Crippen LogP contribution in [0.3, 0.4) is 0 Å². The minimum absolute atomic E-state index is 0.163. The van der Waals surface area contributed by atoms with Gasteiger partial charge in [-0.05, 0) is 49.4 Å². The van der Waals surface area contributed by atoms with Gasteiger partial charge in [0.15, 0.2) is 11.9 Å². The van der Waals surface area contributed by atoms with Crippen LogP contribution in [0.25, 0.3) is 0 Å². The Morgan fingerprint density at radius 1 is 1.14 bits per heavy atom. The Labute approximate surface area is 167 Å². The van der Waals surface area contributed by atoms with E-state index in [1.165, 1.54) is 6.26 Å². The van der Waals surface area contributed by atoms with Gasteiger partial charge in [-0.15, -0.1) is 0 Å². The second-order valence-electron chi connectivity index (χ2n) is 6.53. The second-order valence-corrected chi connectivity index (χ2v) is 6.53. The Kier molecular flexibility index (Phi) is 5.20. The summed E-state index contributed by atoms with van der Waals surface area (Å²) in [5.41, 5.74) is 1.12. The quantitative estimate of drug-likeness (QED) is 0.691. The van der Waals surface area contributed by atoms with Crippen LogP contribution in [-0.4, -0.2) is 31.1 Å². The molecule has 0 saturated heterocycles. The monoisotopic (exact) mass is 392 g/mol. The summed E-state index contributed by atoms with van der Waals surface area (Å²) in [5.74, 6) is 0.986. The molecule has 2 amide bonds. The summed E-state index contributed by atoms with van der Waals surface area (Å²) >= 11 is 0. The number of para-hydroxylation sites is 1. The Balaban J connectivity index is 1.51. The average molecular weight is 392 g/mol. The van der Waals surface area contributed by atoms with Gasteiger partial charge in [0.1, 0.15) is 18.1 Å². The number of benzene rings is 2. The van der Waals surface area contributed by atoms with Gasteiger partial charge in [-0.3, -0.25) is 9.59 Å². The zero-order chi connectivity index (χ0) is 20.2. The molecule has 0 bridgehead atoms. The fraction of sp³-hybridized carbons (Fsp3) is 0.182. The van der Waals surface area contributed by atoms with E-state index in [-0.39, 0.29) is 17.6 Å². The number of anilines is 2. The van der Waals surface area contributed by atoms with Crippen LogP contribution in [0.1, 0.15) is 17.5 Å². The van der Waals surface area contributed by atoms with Crippen molar-refractivity contribution in [3.05, 3.63) is 72.7 Å². The molecule has 0 fully saturated rings. The van der Waals surface area contributed by atoms with Gasteiger partial charge in [0, 0.05) is 5.69 Å². The Morgan fingerprint density at radius 3 is 2.72 bits per heavy atom. The molecular formula is C22H20N2O5. The van der Waals surface area contributed by atoms with Gasteiger partial charge >= 0.3 is 0 Å². The molecule has 2 aromatic carbocycles. The number of nitrogens with one attached hydrogen (secondary N) is 1. The number of hydrogen-bond acceptors (Lipinski definition) is 5. The van der Waals surface area contributed by atoms with Crippen LogP contribution in [0, 0.1) is 0 Å². The third-order valence-electron chi connectivity index (χ3n) is 4.50. The number of carbonyl (C=O) groups is 2. The highest BCUT2D eigenvalue weighted by molar-refractivity contribution is 6.04. The Morgan fingerprint density at radius 2 is 1.97 bits per heavy atom. The molecule has 0 aliphatic carbocycles. The number of amides is 2. The van der Waals surface area contributed by atoms with E-state index in [0.29, 0.717) is 30.3 Å². The molecule has 1 atom stereocenters. The molecule has 148 valence electrons. The second kappa shape index (κ2) is 8.10. The van der Waals surface area contributed by atoms with Crippen molar-refractivity contribution in [2.75, 3.05) is 23.4 Å². The summed E-state index contributed by atoms with van der Waals surface area (Å²) in [4.78, 5) is 26.5. The lowest BCUT2D eigenvalue weighted by molar-refractivity contribution is -0.125. The highest BCUT2D eigenvalue weighted by Gasteiger charge is 2.31. The standard InChI is InChI=1S/C22H20N2O5/c1-15-22(26)24(11-13-27-17-6-3-2-4-7-17)18-14-16(9-10-19(18)29-15)23-21(25)20-8-5-12-28-20/h2-10,12,14-15H,11,13H2,1H3,(H,23,25). The summed E-state index contributed by atoms with van der Waals surface area (Å²) in [7, 11) is 0. The minimum atomic E-state index is -0.595. The van der Waals surface area contributed by atoms with Crippen molar-refractivity contribution in [2.24, 2.45) is 0 Å². The number of nitrogens with zero attached hydrogens (tertiary/aromatic N) is 1. The fourth-order valence-corrected chi connectivity index (χ4v) is 3.09. The molecule has 0 saturated carbocycles. The van der Waals surface area contributed by atoms with E-state index in [2.05, 4.69) is 5.32 Å². The number of hydrogen-bond donors (Lipinski definition) is 1. The van der Waals surface area contributed by atoms with Crippen LogP contribution in [0.5, 0.6) is 11.5 Å². The molecule has 3 aromatic rings. The number of ether oxygens (including phenoxy) is 2. The van der Waals surface area contributed by atoms with E-state index in [1.807, 2.05) is 30.3 Å². The highest BCUT2D eigenvalue weighted by Crippen LogP contribution is 2.36. The van der Waals surface area contributed by atoms with Crippen LogP contribution in [0.2, 0.25) is 0 Å². The number of fused-ring (bicyclic) bond motifs is 1. The molecule has 0 radical (unpaired) electrons. The molecular weight excluding hydrogens is 372 g/mol. The van der Waals surface area contributed by atoms with Gasteiger partial charge < -0.3 is 24.1 Å². The van der Waals surface area contributed by atoms with Gasteiger partial charge in [0.05, 0.1) is 18.5 Å². The normalized spacial score (nSPS) is 15.4. The molecule has 4 rings (SSSR count). The van der Waals surface area contributed by atoms with Gasteiger partial charge in [0.25, 0.3) is 11.8 Å². The maximum Gasteiger partial charge on any atom is 0.291 e. The molecule has 7 heteroatoms. The number of furan rings is 1. The lowest BCUT2D eigenvalue weighted by Crippen LogP contribution is -2.46. The highest BCUT2D eigenvalue weighted by atomic mass is 16.5. The minimum Gasteiger partial charge on any atom is -0.492 e. The Hall–Kier alpha value is -3.74. The summed E-state index contributed by atoms with van der Waals surface area (Å²) in [6, 6.07) is 17.8. The topological polar surface area (TPSA) is 81.0 Å². The molecule has 1 aliphatic rings. The van der Waals surface area contributed by atoms with Crippen LogP contribution >= 0.6 is 0 Å². The van der Waals surface area contributed by atoms with E-state index >= 15 is 0 Å². The van der Waals surface area contributed by atoms with E-state index in [9.17, 15) is 9.59 Å². The zero-order valence-corrected chi connectivity index (χ0v) is 15.8. The summed E-state index contributed by atoms with van der Waals surface area (Å²) in [6.45, 7) is 2.39. The van der Waals surface area contributed by atoms with Crippen molar-refractivity contribution >= 4 is 23.2 Å². The first-order valence-electron chi connectivity index (χ1n) is 9.26. The van der Waals surface area contributed by atoms with Crippen molar-refractivity contribution in [3.8, 4) is 11.5 Å². The van der Waals surface area contributed by atoms with Gasteiger partial charge in [-0.2, -0.15) is 0 Å². The van der Waals surface area contributed by atoms with Crippen molar-refractivity contribution < 1.29 is 23.5 Å². The third-order valence-corrected chi connectivity index (χ3v) is 4.50. The Bertz CT molecular complexity index is 1000. The van der Waals surface area contributed by atoms with Crippen molar-refractivity contribution in [3.63, 3.8) is 0 Å². The molecule has 2 heterocycles. The van der Waals surface area contributed by atoms with Crippen LogP contribution < -0.4 is 19.7 Å². The smallest absolute Gasteiger partial charge is 0.291 e. The molecule has 1 N–H and O–H groups in total. The summed E-state index contributed by atoms with van der Waals surface area (Å²) in [5, 5.41) is 2.77. The average Bonchev–Trinajstić information content (AvgIpc) is 3.27. The first-order chi connectivity index (χ1) is 14.1. The first kappa shape index (κ1) is 18.6. The third kappa shape index (κ3) is 4.08. The largest absolute Gasteiger partial charge is 0.492 e. The molecule has 0 spiro atoms. The zero-order valence-electron chi connectivity index (χ0n) is 15.8. The first-order valence-corrected chi connectivity index (χ1v) is 9.26. The van der Waals surface area contributed by atoms with Gasteiger partial charge in [-0.1, -0.05) is 18.2 Å². The van der Waals surface area contributed by atoms with E-state index in [4.69, 9.17) is 13.9 Å². The lowest BCUT2D eigenvalue weighted by Gasteiger charge is -2.33. The van der Waals surface area contributed by atoms with Crippen molar-refractivity contribution in [2.45, 2.75) is 13.0 Å². The predicted molar refractivity (Wildman–Crippen MR) is 107 cm³/mol. The summed E-state index contributed by atoms with van der Waals surface area (Å²) < 4.78 is 16.6. The van der Waals surface area contributed by atoms with E-state index in [0.717, 1.165) is 5.75 Å². The van der Waals surface area contributed by atoms with Crippen molar-refractivity contribution in [1.29, 1.82) is 0 Å². The molecule has 1 aromatic heterocycles. The van der Waals surface area contributed by atoms with Crippen molar-refractivity contribution in [1.82, 2.24) is 0 Å². The predicted octanol–water partition coefficient (Wildman–Crippen LogP) is 3.72. The SMILES string of the molecule is CC1Oc2ccc(NC(=O)c3ccco3)cc2N(CCOc2ccccc2)C1=O. The van der Waals surface area contributed by atoms with Crippen LogP contribution in [0.4, 0.5) is 11.4 Å². The summed E-state index contributed by atoms with van der Waals surface area (Å²) in [6.07, 6.45) is 0.840. The van der Waals surface area contributed by atoms with Gasteiger partial charge in [0.2, 0.25) is 0 Å². The van der Waals surface area contributed by atoms with Crippen LogP contribution in [-0.2, 0) is 4.79 Å². The van der Waals surface area contributed by atoms with E-state index in [1.54, 1.807) is 42.2 Å². The maximum atomic E-state index is 12.7. The fourth-order valence-electron chi connectivity index (χ4n) is 3.09. The van der Waals surface area contributed by atoms with Gasteiger partial charge in [-0.25, -0.2) is 0 Å². The van der Waals surface area contributed by atoms with E-state index < -0.39 is 6.10 Å². The maximum absolute atomic E-state index is 12.7. The number of rotatable bonds is 6. The molecule has 7 nitrogen and oxygen atoms in total.